The van der Waals surface area contributed by atoms with E-state index in [0.29, 0.717) is 30.2 Å². The van der Waals surface area contributed by atoms with E-state index in [0.717, 1.165) is 0 Å². The Kier molecular flexibility index (Phi) is 9.53. The molecule has 0 atom stereocenters. The second-order valence-corrected chi connectivity index (χ2v) is 10.8. The molecule has 1 aliphatic rings. The standard InChI is InChI=1S/C28H31N5O5S/c1-2-38-28(35)22-33(25-11-7-4-8-12-25)27(34)21-31-17-19-32(20-18-31)39(36,37)26-15-13-24(14-16-26)30-29-23-9-5-3-6-10-23/h3-16H,2,17-22H2,1H3. The highest BCUT2D eigenvalue weighted by Gasteiger charge is 2.30. The van der Waals surface area contributed by atoms with Crippen molar-refractivity contribution in [2.45, 2.75) is 11.8 Å². The van der Waals surface area contributed by atoms with Crippen molar-refractivity contribution in [3.8, 4) is 0 Å². The molecule has 3 aromatic carbocycles. The molecule has 0 saturated carbocycles. The highest BCUT2D eigenvalue weighted by atomic mass is 32.2. The van der Waals surface area contributed by atoms with E-state index in [9.17, 15) is 18.0 Å². The van der Waals surface area contributed by atoms with Crippen molar-refractivity contribution in [2.24, 2.45) is 10.2 Å². The fourth-order valence-corrected chi connectivity index (χ4v) is 5.54. The summed E-state index contributed by atoms with van der Waals surface area (Å²) in [6.45, 7) is 3.07. The summed E-state index contributed by atoms with van der Waals surface area (Å²) in [7, 11) is -3.70. The average molecular weight is 550 g/mol. The Morgan fingerprint density at radius 3 is 1.97 bits per heavy atom. The molecule has 0 aromatic heterocycles. The first-order chi connectivity index (χ1) is 18.9. The van der Waals surface area contributed by atoms with Crippen molar-refractivity contribution in [1.82, 2.24) is 9.21 Å². The highest BCUT2D eigenvalue weighted by molar-refractivity contribution is 7.89. The van der Waals surface area contributed by atoms with Crippen molar-refractivity contribution in [2.75, 3.05) is 50.8 Å². The Hall–Kier alpha value is -3.93. The molecular formula is C28H31N5O5S. The van der Waals surface area contributed by atoms with Crippen LogP contribution in [0.25, 0.3) is 0 Å². The van der Waals surface area contributed by atoms with Gasteiger partial charge in [0.1, 0.15) is 6.54 Å². The summed E-state index contributed by atoms with van der Waals surface area (Å²) < 4.78 is 32.9. The van der Waals surface area contributed by atoms with E-state index < -0.39 is 16.0 Å². The van der Waals surface area contributed by atoms with E-state index in [4.69, 9.17) is 4.74 Å². The van der Waals surface area contributed by atoms with Gasteiger partial charge in [0, 0.05) is 31.9 Å². The smallest absolute Gasteiger partial charge is 0.326 e. The number of carbonyl (C=O) groups excluding carboxylic acids is 2. The Balaban J connectivity index is 1.35. The predicted octanol–water partition coefficient (Wildman–Crippen LogP) is 4.00. The lowest BCUT2D eigenvalue weighted by molar-refractivity contribution is -0.142. The van der Waals surface area contributed by atoms with Crippen LogP contribution in [0.3, 0.4) is 0 Å². The van der Waals surface area contributed by atoms with Crippen LogP contribution in [0.4, 0.5) is 17.1 Å². The first kappa shape index (κ1) is 28.1. The SMILES string of the molecule is CCOC(=O)CN(C(=O)CN1CCN(S(=O)(=O)c2ccc(N=Nc3ccccc3)cc2)CC1)c1ccccc1. The van der Waals surface area contributed by atoms with E-state index in [-0.39, 0.29) is 43.6 Å². The zero-order valence-corrected chi connectivity index (χ0v) is 22.5. The number of azo groups is 1. The van der Waals surface area contributed by atoms with E-state index in [1.54, 1.807) is 43.3 Å². The third-order valence-corrected chi connectivity index (χ3v) is 8.08. The monoisotopic (exact) mass is 549 g/mol. The van der Waals surface area contributed by atoms with Crippen LogP contribution in [-0.4, -0.2) is 75.4 Å². The number of rotatable bonds is 10. The number of hydrogen-bond donors (Lipinski definition) is 0. The number of anilines is 1. The molecule has 3 aromatic rings. The molecule has 1 amide bonds. The minimum Gasteiger partial charge on any atom is -0.465 e. The normalized spacial score (nSPS) is 14.8. The predicted molar refractivity (Wildman–Crippen MR) is 148 cm³/mol. The maximum absolute atomic E-state index is 13.2. The van der Waals surface area contributed by atoms with E-state index in [1.165, 1.54) is 21.3 Å². The Labute approximate surface area is 228 Å². The van der Waals surface area contributed by atoms with Gasteiger partial charge >= 0.3 is 5.97 Å². The number of ether oxygens (including phenoxy) is 1. The quantitative estimate of drug-likeness (QED) is 0.279. The summed E-state index contributed by atoms with van der Waals surface area (Å²) in [6, 6.07) is 24.5. The Bertz CT molecular complexity index is 1370. The fourth-order valence-electron chi connectivity index (χ4n) is 4.12. The number of nitrogens with zero attached hydrogens (tertiary/aromatic N) is 5. The molecule has 1 aliphatic heterocycles. The topological polar surface area (TPSA) is 112 Å². The summed E-state index contributed by atoms with van der Waals surface area (Å²) in [5, 5.41) is 8.31. The fraction of sp³-hybridized carbons (Fsp3) is 0.286. The number of para-hydroxylation sites is 1. The number of sulfonamides is 1. The minimum atomic E-state index is -3.70. The van der Waals surface area contributed by atoms with E-state index in [2.05, 4.69) is 10.2 Å². The second-order valence-electron chi connectivity index (χ2n) is 8.83. The summed E-state index contributed by atoms with van der Waals surface area (Å²) in [6.07, 6.45) is 0. The molecule has 0 radical (unpaired) electrons. The van der Waals surface area contributed by atoms with Gasteiger partial charge in [-0.15, -0.1) is 0 Å². The molecule has 0 spiro atoms. The third kappa shape index (κ3) is 7.56. The van der Waals surface area contributed by atoms with Crippen molar-refractivity contribution in [1.29, 1.82) is 0 Å². The Morgan fingerprint density at radius 2 is 1.38 bits per heavy atom. The van der Waals surface area contributed by atoms with Gasteiger partial charge in [0.05, 0.1) is 29.4 Å². The molecule has 204 valence electrons. The van der Waals surface area contributed by atoms with Gasteiger partial charge in [-0.05, 0) is 55.5 Å². The summed E-state index contributed by atoms with van der Waals surface area (Å²) in [5.41, 5.74) is 1.86. The molecule has 0 unspecified atom stereocenters. The highest BCUT2D eigenvalue weighted by Crippen LogP contribution is 2.23. The zero-order valence-electron chi connectivity index (χ0n) is 21.7. The number of amides is 1. The lowest BCUT2D eigenvalue weighted by Crippen LogP contribution is -2.52. The van der Waals surface area contributed by atoms with Crippen LogP contribution >= 0.6 is 0 Å². The van der Waals surface area contributed by atoms with Crippen LogP contribution in [0.15, 0.2) is 100 Å². The molecule has 1 saturated heterocycles. The maximum Gasteiger partial charge on any atom is 0.326 e. The number of carbonyl (C=O) groups is 2. The molecule has 0 aliphatic carbocycles. The summed E-state index contributed by atoms with van der Waals surface area (Å²) >= 11 is 0. The van der Waals surface area contributed by atoms with Crippen LogP contribution in [0.2, 0.25) is 0 Å². The van der Waals surface area contributed by atoms with Gasteiger partial charge < -0.3 is 9.64 Å². The maximum atomic E-state index is 13.2. The molecule has 0 bridgehead atoms. The first-order valence-corrected chi connectivity index (χ1v) is 14.1. The van der Waals surface area contributed by atoms with Crippen LogP contribution in [0.5, 0.6) is 0 Å². The lowest BCUT2D eigenvalue weighted by atomic mass is 10.2. The molecule has 1 fully saturated rings. The van der Waals surface area contributed by atoms with Gasteiger partial charge in [-0.3, -0.25) is 14.5 Å². The van der Waals surface area contributed by atoms with Crippen molar-refractivity contribution < 1.29 is 22.7 Å². The second kappa shape index (κ2) is 13.2. The number of benzene rings is 3. The van der Waals surface area contributed by atoms with Crippen molar-refractivity contribution in [3.05, 3.63) is 84.9 Å². The molecule has 0 N–H and O–H groups in total. The number of esters is 1. The number of piperazine rings is 1. The average Bonchev–Trinajstić information content (AvgIpc) is 2.96. The Morgan fingerprint density at radius 1 is 0.821 bits per heavy atom. The van der Waals surface area contributed by atoms with Crippen LogP contribution < -0.4 is 4.90 Å². The zero-order chi connectivity index (χ0) is 27.7. The largest absolute Gasteiger partial charge is 0.465 e. The minimum absolute atomic E-state index is 0.0588. The molecular weight excluding hydrogens is 518 g/mol. The molecule has 39 heavy (non-hydrogen) atoms. The van der Waals surface area contributed by atoms with Gasteiger partial charge in [0.2, 0.25) is 15.9 Å². The van der Waals surface area contributed by atoms with Gasteiger partial charge in [-0.25, -0.2) is 8.42 Å². The first-order valence-electron chi connectivity index (χ1n) is 12.7. The van der Waals surface area contributed by atoms with Gasteiger partial charge in [0.15, 0.2) is 0 Å². The van der Waals surface area contributed by atoms with Crippen LogP contribution in [0.1, 0.15) is 6.92 Å². The third-order valence-electron chi connectivity index (χ3n) is 6.16. The van der Waals surface area contributed by atoms with Gasteiger partial charge in [-0.2, -0.15) is 14.5 Å². The van der Waals surface area contributed by atoms with Gasteiger partial charge in [-0.1, -0.05) is 36.4 Å². The lowest BCUT2D eigenvalue weighted by Gasteiger charge is -2.34. The van der Waals surface area contributed by atoms with E-state index >= 15 is 0 Å². The number of hydrogen-bond acceptors (Lipinski definition) is 8. The summed E-state index contributed by atoms with van der Waals surface area (Å²) in [4.78, 5) is 28.7. The van der Waals surface area contributed by atoms with E-state index in [1.807, 2.05) is 41.3 Å². The van der Waals surface area contributed by atoms with Gasteiger partial charge in [0.25, 0.3) is 0 Å². The van der Waals surface area contributed by atoms with Crippen molar-refractivity contribution >= 4 is 39.0 Å². The van der Waals surface area contributed by atoms with Crippen LogP contribution in [-0.2, 0) is 24.3 Å². The summed E-state index contributed by atoms with van der Waals surface area (Å²) in [5.74, 6) is -0.746. The molecule has 4 rings (SSSR count). The molecule has 10 nitrogen and oxygen atoms in total. The van der Waals surface area contributed by atoms with Crippen LogP contribution in [0, 0.1) is 0 Å². The van der Waals surface area contributed by atoms with Crippen molar-refractivity contribution in [3.63, 3.8) is 0 Å². The molecule has 1 heterocycles. The molecule has 11 heteroatoms.